The van der Waals surface area contributed by atoms with Gasteiger partial charge in [0, 0.05) is 5.56 Å². The first-order valence-corrected chi connectivity index (χ1v) is 6.31. The Labute approximate surface area is 103 Å². The molecule has 7 nitrogen and oxygen atoms in total. The van der Waals surface area contributed by atoms with E-state index in [1.165, 1.54) is 24.3 Å². The van der Waals surface area contributed by atoms with Crippen molar-refractivity contribution in [1.29, 1.82) is 0 Å². The zero-order valence-electron chi connectivity index (χ0n) is 9.18. The molecule has 0 fully saturated rings. The van der Waals surface area contributed by atoms with E-state index in [0.717, 1.165) is 0 Å². The number of hydrogen-bond acceptors (Lipinski definition) is 6. The molecule has 1 atom stereocenters. The number of carbonyl (C=O) groups is 2. The van der Waals surface area contributed by atoms with Crippen LogP contribution >= 0.6 is 7.82 Å². The Morgan fingerprint density at radius 1 is 1.33 bits per heavy atom. The summed E-state index contributed by atoms with van der Waals surface area (Å²) in [4.78, 5) is 30.3. The van der Waals surface area contributed by atoms with Gasteiger partial charge in [-0.2, -0.15) is 0 Å². The van der Waals surface area contributed by atoms with Gasteiger partial charge in [-0.1, -0.05) is 0 Å². The van der Waals surface area contributed by atoms with Gasteiger partial charge in [0.05, 0.1) is 0 Å². The summed E-state index contributed by atoms with van der Waals surface area (Å²) in [5.41, 5.74) is 0.381. The van der Waals surface area contributed by atoms with E-state index >= 15 is 0 Å². The van der Waals surface area contributed by atoms with Crippen LogP contribution in [-0.4, -0.2) is 35.3 Å². The van der Waals surface area contributed by atoms with Crippen LogP contribution in [0, 0.1) is 0 Å². The molecule has 0 bridgehead atoms. The van der Waals surface area contributed by atoms with Gasteiger partial charge in [-0.05, 0) is 24.3 Å². The van der Waals surface area contributed by atoms with Crippen molar-refractivity contribution in [3.05, 3.63) is 29.8 Å². The van der Waals surface area contributed by atoms with Gasteiger partial charge in [0.1, 0.15) is 25.2 Å². The Hall–Kier alpha value is -1.53. The third kappa shape index (κ3) is 4.77. The maximum Gasteiger partial charge on any atom is 0.527 e. The smallest absolute Gasteiger partial charge is 0.404 e. The fourth-order valence-corrected chi connectivity index (χ4v) is 1.71. The highest BCUT2D eigenvalue weighted by Gasteiger charge is 2.24. The summed E-state index contributed by atoms with van der Waals surface area (Å²) in [5, 5.41) is 8.40. The first-order chi connectivity index (χ1) is 8.46. The third-order valence-electron chi connectivity index (χ3n) is 1.80. The number of phosphoric ester groups is 1. The van der Waals surface area contributed by atoms with Crippen LogP contribution in [0.3, 0.4) is 0 Å². The Morgan fingerprint density at radius 3 is 2.44 bits per heavy atom. The van der Waals surface area contributed by atoms with E-state index in [1.54, 1.807) is 0 Å². The van der Waals surface area contributed by atoms with Crippen LogP contribution in [-0.2, 0) is 13.9 Å². The van der Waals surface area contributed by atoms with Crippen molar-refractivity contribution in [3.8, 4) is 5.75 Å². The fraction of sp³-hybridized carbons (Fsp3) is 0.200. The molecule has 0 spiro atoms. The predicted molar refractivity (Wildman–Crippen MR) is 60.3 cm³/mol. The Bertz CT molecular complexity index is 468. The van der Waals surface area contributed by atoms with Gasteiger partial charge in [0.25, 0.3) is 0 Å². The van der Waals surface area contributed by atoms with Crippen LogP contribution < -0.4 is 4.52 Å². The summed E-state index contributed by atoms with van der Waals surface area (Å²) in [6.07, 6.45) is 0.610. The molecule has 0 aromatic heterocycles. The number of ketones is 1. The topological polar surface area (TPSA) is 110 Å². The van der Waals surface area contributed by atoms with E-state index in [0.29, 0.717) is 11.8 Å². The molecule has 0 aliphatic heterocycles. The normalized spacial score (nSPS) is 13.7. The second kappa shape index (κ2) is 6.42. The highest BCUT2D eigenvalue weighted by Crippen LogP contribution is 2.43. The minimum absolute atomic E-state index is 0.0166. The molecule has 8 heteroatoms. The molecule has 0 aliphatic carbocycles. The standard InChI is InChI=1S/C10H11O7P/c11-5-8-1-3-10(4-2-8)17-18(14,15)16-7-9(13)6-12/h1-5,12H,6-7H2,(H,14,15). The molecule has 0 saturated carbocycles. The van der Waals surface area contributed by atoms with Crippen molar-refractivity contribution in [2.75, 3.05) is 13.2 Å². The van der Waals surface area contributed by atoms with Crippen LogP contribution in [0.5, 0.6) is 5.75 Å². The first-order valence-electron chi connectivity index (χ1n) is 4.81. The van der Waals surface area contributed by atoms with Crippen LogP contribution in [0.4, 0.5) is 0 Å². The third-order valence-corrected chi connectivity index (χ3v) is 2.70. The molecule has 1 aromatic carbocycles. The number of aliphatic hydroxyl groups is 1. The predicted octanol–water partition coefficient (Wildman–Crippen LogP) is 0.556. The Balaban J connectivity index is 2.61. The molecule has 2 N–H and O–H groups in total. The van der Waals surface area contributed by atoms with Crippen molar-refractivity contribution in [3.63, 3.8) is 0 Å². The maximum absolute atomic E-state index is 11.4. The summed E-state index contributed by atoms with van der Waals surface area (Å²) in [6.45, 7) is -1.51. The summed E-state index contributed by atoms with van der Waals surface area (Å²) in [5.74, 6) is -0.730. The number of carbonyl (C=O) groups excluding carboxylic acids is 2. The largest absolute Gasteiger partial charge is 0.527 e. The quantitative estimate of drug-likeness (QED) is 0.552. The lowest BCUT2D eigenvalue weighted by atomic mass is 10.2. The summed E-state index contributed by atoms with van der Waals surface area (Å²) < 4.78 is 20.4. The van der Waals surface area contributed by atoms with Crippen molar-refractivity contribution in [1.82, 2.24) is 0 Å². The second-order valence-corrected chi connectivity index (χ2v) is 4.59. The van der Waals surface area contributed by atoms with Gasteiger partial charge in [-0.25, -0.2) is 4.57 Å². The zero-order chi connectivity index (χ0) is 13.6. The van der Waals surface area contributed by atoms with E-state index in [9.17, 15) is 19.0 Å². The lowest BCUT2D eigenvalue weighted by molar-refractivity contribution is -0.124. The van der Waals surface area contributed by atoms with Gasteiger partial charge in [-0.3, -0.25) is 19.0 Å². The van der Waals surface area contributed by atoms with Gasteiger partial charge in [-0.15, -0.1) is 0 Å². The van der Waals surface area contributed by atoms with Gasteiger partial charge >= 0.3 is 7.82 Å². The molecule has 0 heterocycles. The first kappa shape index (κ1) is 14.5. The number of phosphoric acid groups is 1. The van der Waals surface area contributed by atoms with E-state index in [2.05, 4.69) is 9.05 Å². The van der Waals surface area contributed by atoms with Crippen molar-refractivity contribution in [2.45, 2.75) is 0 Å². The highest BCUT2D eigenvalue weighted by atomic mass is 31.2. The number of benzene rings is 1. The average Bonchev–Trinajstić information content (AvgIpc) is 2.36. The summed E-state index contributed by atoms with van der Waals surface area (Å²) in [7, 11) is -4.43. The fourth-order valence-electron chi connectivity index (χ4n) is 0.966. The maximum atomic E-state index is 11.4. The molecule has 18 heavy (non-hydrogen) atoms. The van der Waals surface area contributed by atoms with E-state index in [4.69, 9.17) is 5.11 Å². The Morgan fingerprint density at radius 2 is 1.94 bits per heavy atom. The minimum Gasteiger partial charge on any atom is -0.404 e. The molecule has 1 aromatic rings. The molecular weight excluding hydrogens is 263 g/mol. The van der Waals surface area contributed by atoms with Crippen LogP contribution in [0.15, 0.2) is 24.3 Å². The van der Waals surface area contributed by atoms with E-state index in [1.807, 2.05) is 0 Å². The molecule has 0 saturated heterocycles. The second-order valence-electron chi connectivity index (χ2n) is 3.22. The molecule has 1 unspecified atom stereocenters. The van der Waals surface area contributed by atoms with Gasteiger partial charge < -0.3 is 9.63 Å². The average molecular weight is 274 g/mol. The van der Waals surface area contributed by atoms with E-state index < -0.39 is 26.8 Å². The summed E-state index contributed by atoms with van der Waals surface area (Å²) >= 11 is 0. The number of aliphatic hydroxyl groups excluding tert-OH is 1. The zero-order valence-corrected chi connectivity index (χ0v) is 10.1. The molecule has 1 rings (SSSR count). The Kier molecular flexibility index (Phi) is 5.18. The monoisotopic (exact) mass is 274 g/mol. The molecule has 0 aliphatic rings. The number of rotatable bonds is 7. The lowest BCUT2D eigenvalue weighted by Gasteiger charge is -2.12. The van der Waals surface area contributed by atoms with Crippen molar-refractivity contribution < 1.29 is 33.2 Å². The molecular formula is C10H11O7P. The minimum atomic E-state index is -4.43. The van der Waals surface area contributed by atoms with Gasteiger partial charge in [0.15, 0.2) is 5.78 Å². The molecule has 98 valence electrons. The van der Waals surface area contributed by atoms with E-state index in [-0.39, 0.29) is 5.75 Å². The SMILES string of the molecule is O=Cc1ccc(OP(=O)(O)OCC(=O)CO)cc1. The van der Waals surface area contributed by atoms with Crippen LogP contribution in [0.1, 0.15) is 10.4 Å². The van der Waals surface area contributed by atoms with Crippen molar-refractivity contribution >= 4 is 19.9 Å². The van der Waals surface area contributed by atoms with Crippen LogP contribution in [0.25, 0.3) is 0 Å². The number of Topliss-reactive ketones (excluding diaryl/α,β-unsaturated/α-hetero) is 1. The lowest BCUT2D eigenvalue weighted by Crippen LogP contribution is -2.12. The summed E-state index contributed by atoms with van der Waals surface area (Å²) in [6, 6.07) is 5.40. The highest BCUT2D eigenvalue weighted by molar-refractivity contribution is 7.47. The van der Waals surface area contributed by atoms with Gasteiger partial charge in [0.2, 0.25) is 0 Å². The molecule has 0 amide bonds. The van der Waals surface area contributed by atoms with Crippen LogP contribution in [0.2, 0.25) is 0 Å². The van der Waals surface area contributed by atoms with Crippen molar-refractivity contribution in [2.24, 2.45) is 0 Å². The molecule has 0 radical (unpaired) electrons. The number of hydrogen-bond donors (Lipinski definition) is 2. The number of aldehydes is 1.